The van der Waals surface area contributed by atoms with Crippen molar-refractivity contribution in [1.82, 2.24) is 0 Å². The van der Waals surface area contributed by atoms with Gasteiger partial charge in [0.05, 0.1) is 6.61 Å². The molecule has 0 radical (unpaired) electrons. The van der Waals surface area contributed by atoms with Crippen LogP contribution < -0.4 is 4.74 Å². The molecular formula is C14H14O3. The van der Waals surface area contributed by atoms with E-state index >= 15 is 0 Å². The summed E-state index contributed by atoms with van der Waals surface area (Å²) in [7, 11) is 0. The van der Waals surface area contributed by atoms with Gasteiger partial charge in [-0.25, -0.2) is 0 Å². The lowest BCUT2D eigenvalue weighted by atomic mass is 10.2. The fraction of sp³-hybridized carbons (Fsp3) is 0.143. The Balaban J connectivity index is 1.73. The summed E-state index contributed by atoms with van der Waals surface area (Å²) in [6.45, 7) is 0.679. The van der Waals surface area contributed by atoms with Gasteiger partial charge >= 0.3 is 0 Å². The molecule has 0 atom stereocenters. The van der Waals surface area contributed by atoms with Gasteiger partial charge in [0.1, 0.15) is 11.5 Å². The molecule has 0 bridgehead atoms. The molecule has 0 spiro atoms. The largest absolute Gasteiger partial charge is 0.508 e. The smallest absolute Gasteiger partial charge is 0.189 e. The Morgan fingerprint density at radius 3 is 2.53 bits per heavy atom. The molecule has 0 aromatic heterocycles. The van der Waals surface area contributed by atoms with E-state index in [1.807, 2.05) is 30.3 Å². The predicted molar refractivity (Wildman–Crippen MR) is 64.8 cm³/mol. The molecule has 88 valence electrons. The van der Waals surface area contributed by atoms with Crippen LogP contribution in [0.1, 0.15) is 5.56 Å². The summed E-state index contributed by atoms with van der Waals surface area (Å²) < 4.78 is 10.7. The summed E-state index contributed by atoms with van der Waals surface area (Å²) in [5.74, 6) is 0.781. The van der Waals surface area contributed by atoms with Gasteiger partial charge in [-0.1, -0.05) is 36.4 Å². The highest BCUT2D eigenvalue weighted by atomic mass is 16.7. The SMILES string of the molecule is Oc1cccc(OCOCc2ccccc2)c1. The van der Waals surface area contributed by atoms with Gasteiger partial charge in [-0.05, 0) is 17.7 Å². The zero-order valence-electron chi connectivity index (χ0n) is 9.37. The molecule has 0 aliphatic rings. The lowest BCUT2D eigenvalue weighted by Gasteiger charge is -2.07. The Labute approximate surface area is 100 Å². The highest BCUT2D eigenvalue weighted by Crippen LogP contribution is 2.17. The van der Waals surface area contributed by atoms with Gasteiger partial charge in [-0.3, -0.25) is 0 Å². The number of hydrogen-bond acceptors (Lipinski definition) is 3. The van der Waals surface area contributed by atoms with Crippen LogP contribution in [0.25, 0.3) is 0 Å². The summed E-state index contributed by atoms with van der Waals surface area (Å²) >= 11 is 0. The van der Waals surface area contributed by atoms with Crippen LogP contribution in [-0.2, 0) is 11.3 Å². The van der Waals surface area contributed by atoms with Crippen LogP contribution >= 0.6 is 0 Å². The van der Waals surface area contributed by atoms with Crippen LogP contribution in [-0.4, -0.2) is 11.9 Å². The lowest BCUT2D eigenvalue weighted by Crippen LogP contribution is -2.02. The molecule has 0 amide bonds. The summed E-state index contributed by atoms with van der Waals surface area (Å²) in [6, 6.07) is 16.5. The Bertz CT molecular complexity index is 454. The van der Waals surface area contributed by atoms with E-state index in [0.29, 0.717) is 12.4 Å². The Hall–Kier alpha value is -2.00. The van der Waals surface area contributed by atoms with Crippen LogP contribution in [0.2, 0.25) is 0 Å². The summed E-state index contributed by atoms with van der Waals surface area (Å²) in [6.07, 6.45) is 0. The fourth-order valence-corrected chi connectivity index (χ4v) is 1.42. The van der Waals surface area contributed by atoms with Crippen molar-refractivity contribution >= 4 is 0 Å². The third-order valence-corrected chi connectivity index (χ3v) is 2.24. The maximum absolute atomic E-state index is 9.23. The first-order valence-electron chi connectivity index (χ1n) is 5.38. The van der Waals surface area contributed by atoms with Crippen molar-refractivity contribution in [3.63, 3.8) is 0 Å². The van der Waals surface area contributed by atoms with Crippen molar-refractivity contribution in [1.29, 1.82) is 0 Å². The molecule has 1 N–H and O–H groups in total. The number of hydrogen-bond donors (Lipinski definition) is 1. The molecule has 3 nitrogen and oxygen atoms in total. The average molecular weight is 230 g/mol. The highest BCUT2D eigenvalue weighted by Gasteiger charge is 1.95. The molecule has 0 aliphatic carbocycles. The molecule has 0 aliphatic heterocycles. The van der Waals surface area contributed by atoms with E-state index in [9.17, 15) is 5.11 Å². The van der Waals surface area contributed by atoms with E-state index < -0.39 is 0 Å². The number of aromatic hydroxyl groups is 1. The molecule has 2 rings (SSSR count). The van der Waals surface area contributed by atoms with Crippen LogP contribution in [0, 0.1) is 0 Å². The molecule has 0 heterocycles. The summed E-state index contributed by atoms with van der Waals surface area (Å²) in [5.41, 5.74) is 1.10. The molecule has 0 unspecified atom stereocenters. The number of phenols is 1. The second-order valence-corrected chi connectivity index (χ2v) is 3.59. The minimum atomic E-state index is 0.165. The topological polar surface area (TPSA) is 38.7 Å². The van der Waals surface area contributed by atoms with Crippen molar-refractivity contribution in [2.24, 2.45) is 0 Å². The summed E-state index contributed by atoms with van der Waals surface area (Å²) in [5, 5.41) is 9.23. The third kappa shape index (κ3) is 3.81. The van der Waals surface area contributed by atoms with Gasteiger partial charge in [0.25, 0.3) is 0 Å². The Morgan fingerprint density at radius 2 is 1.76 bits per heavy atom. The Morgan fingerprint density at radius 1 is 0.941 bits per heavy atom. The number of rotatable bonds is 5. The van der Waals surface area contributed by atoms with E-state index in [0.717, 1.165) is 5.56 Å². The standard InChI is InChI=1S/C14H14O3/c15-13-7-4-8-14(9-13)17-11-16-10-12-5-2-1-3-6-12/h1-9,15H,10-11H2. The lowest BCUT2D eigenvalue weighted by molar-refractivity contribution is 0.00496. The van der Waals surface area contributed by atoms with Crippen molar-refractivity contribution in [2.45, 2.75) is 6.61 Å². The van der Waals surface area contributed by atoms with Crippen LogP contribution in [0.4, 0.5) is 0 Å². The van der Waals surface area contributed by atoms with Crippen LogP contribution in [0.15, 0.2) is 54.6 Å². The van der Waals surface area contributed by atoms with Gasteiger partial charge in [-0.15, -0.1) is 0 Å². The van der Waals surface area contributed by atoms with Crippen molar-refractivity contribution in [2.75, 3.05) is 6.79 Å². The summed E-state index contributed by atoms with van der Waals surface area (Å²) in [4.78, 5) is 0. The maximum atomic E-state index is 9.23. The van der Waals surface area contributed by atoms with E-state index in [4.69, 9.17) is 9.47 Å². The van der Waals surface area contributed by atoms with Crippen LogP contribution in [0.3, 0.4) is 0 Å². The molecule has 17 heavy (non-hydrogen) atoms. The normalized spacial score (nSPS) is 10.1. The van der Waals surface area contributed by atoms with Crippen molar-refractivity contribution < 1.29 is 14.6 Å². The van der Waals surface area contributed by atoms with Gasteiger partial charge < -0.3 is 14.6 Å². The predicted octanol–water partition coefficient (Wildman–Crippen LogP) is 2.95. The third-order valence-electron chi connectivity index (χ3n) is 2.24. The zero-order valence-corrected chi connectivity index (χ0v) is 9.37. The van der Waals surface area contributed by atoms with Crippen LogP contribution in [0.5, 0.6) is 11.5 Å². The molecule has 2 aromatic rings. The van der Waals surface area contributed by atoms with Crippen molar-refractivity contribution in [3.05, 3.63) is 60.2 Å². The maximum Gasteiger partial charge on any atom is 0.189 e. The first-order valence-corrected chi connectivity index (χ1v) is 5.38. The quantitative estimate of drug-likeness (QED) is 0.634. The molecule has 2 aromatic carbocycles. The van der Waals surface area contributed by atoms with Crippen molar-refractivity contribution in [3.8, 4) is 11.5 Å². The minimum absolute atomic E-state index is 0.165. The second kappa shape index (κ2) is 5.92. The molecule has 3 heteroatoms. The zero-order chi connectivity index (χ0) is 11.9. The second-order valence-electron chi connectivity index (χ2n) is 3.59. The Kier molecular flexibility index (Phi) is 4.00. The first-order chi connectivity index (χ1) is 8.34. The number of phenolic OH excluding ortho intramolecular Hbond substituents is 1. The fourth-order valence-electron chi connectivity index (χ4n) is 1.42. The van der Waals surface area contributed by atoms with Gasteiger partial charge in [-0.2, -0.15) is 0 Å². The van der Waals surface area contributed by atoms with Gasteiger partial charge in [0.15, 0.2) is 6.79 Å². The van der Waals surface area contributed by atoms with Gasteiger partial charge in [0, 0.05) is 6.07 Å². The van der Waals surface area contributed by atoms with E-state index in [-0.39, 0.29) is 12.5 Å². The number of benzene rings is 2. The highest BCUT2D eigenvalue weighted by molar-refractivity contribution is 5.31. The molecule has 0 fully saturated rings. The molecular weight excluding hydrogens is 216 g/mol. The van der Waals surface area contributed by atoms with E-state index in [1.165, 1.54) is 0 Å². The van der Waals surface area contributed by atoms with E-state index in [1.54, 1.807) is 24.3 Å². The number of ether oxygens (including phenoxy) is 2. The first kappa shape index (κ1) is 11.5. The molecule has 0 saturated carbocycles. The monoisotopic (exact) mass is 230 g/mol. The molecule has 0 saturated heterocycles. The van der Waals surface area contributed by atoms with E-state index in [2.05, 4.69) is 0 Å². The average Bonchev–Trinajstić information content (AvgIpc) is 2.36. The minimum Gasteiger partial charge on any atom is -0.508 e. The van der Waals surface area contributed by atoms with Gasteiger partial charge in [0.2, 0.25) is 0 Å².